The van der Waals surface area contributed by atoms with Crippen LogP contribution in [0.2, 0.25) is 0 Å². The Kier molecular flexibility index (Phi) is 6.70. The van der Waals surface area contributed by atoms with Crippen molar-refractivity contribution in [3.63, 3.8) is 0 Å². The molecule has 0 aliphatic carbocycles. The van der Waals surface area contributed by atoms with Crippen LogP contribution in [-0.2, 0) is 0 Å². The summed E-state index contributed by atoms with van der Waals surface area (Å²) in [5.74, 6) is 2.75. The molecule has 1 heteroatoms. The van der Waals surface area contributed by atoms with E-state index in [1.54, 1.807) is 12.1 Å². The molecule has 0 bridgehead atoms. The zero-order valence-corrected chi connectivity index (χ0v) is 16.7. The SMILES string of the molecule is CC(C)CCC(c1cc(C(C)C)ccc1-c1ccc(O)cc1)C(C)C. The van der Waals surface area contributed by atoms with E-state index in [9.17, 15) is 5.11 Å². The third-order valence-electron chi connectivity index (χ3n) is 5.18. The minimum Gasteiger partial charge on any atom is -0.508 e. The molecule has 136 valence electrons. The Labute approximate surface area is 154 Å². The number of hydrogen-bond acceptors (Lipinski definition) is 1. The van der Waals surface area contributed by atoms with Gasteiger partial charge < -0.3 is 5.11 Å². The van der Waals surface area contributed by atoms with Gasteiger partial charge in [-0.1, -0.05) is 78.3 Å². The van der Waals surface area contributed by atoms with Crippen molar-refractivity contribution < 1.29 is 5.11 Å². The third-order valence-corrected chi connectivity index (χ3v) is 5.18. The van der Waals surface area contributed by atoms with Crippen LogP contribution in [0.1, 0.15) is 77.3 Å². The minimum absolute atomic E-state index is 0.323. The fraction of sp³-hybridized carbons (Fsp3) is 0.500. The lowest BCUT2D eigenvalue weighted by molar-refractivity contribution is 0.420. The van der Waals surface area contributed by atoms with Crippen molar-refractivity contribution in [1.29, 1.82) is 0 Å². The van der Waals surface area contributed by atoms with E-state index in [0.29, 0.717) is 23.5 Å². The average Bonchev–Trinajstić information content (AvgIpc) is 2.55. The van der Waals surface area contributed by atoms with E-state index >= 15 is 0 Å². The largest absolute Gasteiger partial charge is 0.508 e. The quantitative estimate of drug-likeness (QED) is 0.559. The normalized spacial score (nSPS) is 13.0. The van der Waals surface area contributed by atoms with Crippen molar-refractivity contribution in [2.45, 2.75) is 66.2 Å². The molecule has 0 fully saturated rings. The van der Waals surface area contributed by atoms with Crippen LogP contribution >= 0.6 is 0 Å². The molecule has 25 heavy (non-hydrogen) atoms. The molecule has 0 aliphatic heterocycles. The van der Waals surface area contributed by atoms with Gasteiger partial charge in [0.1, 0.15) is 5.75 Å². The van der Waals surface area contributed by atoms with Crippen molar-refractivity contribution in [3.8, 4) is 16.9 Å². The summed E-state index contributed by atoms with van der Waals surface area (Å²) >= 11 is 0. The second-order valence-electron chi connectivity index (χ2n) is 8.37. The van der Waals surface area contributed by atoms with Gasteiger partial charge in [0.2, 0.25) is 0 Å². The van der Waals surface area contributed by atoms with Gasteiger partial charge in [-0.3, -0.25) is 0 Å². The molecular weight excluding hydrogens is 304 g/mol. The molecule has 0 aliphatic rings. The topological polar surface area (TPSA) is 20.2 Å². The van der Waals surface area contributed by atoms with Crippen molar-refractivity contribution >= 4 is 0 Å². The first-order valence-corrected chi connectivity index (χ1v) is 9.72. The summed E-state index contributed by atoms with van der Waals surface area (Å²) < 4.78 is 0. The molecule has 1 atom stereocenters. The highest BCUT2D eigenvalue weighted by Crippen LogP contribution is 2.39. The van der Waals surface area contributed by atoms with E-state index in [2.05, 4.69) is 59.7 Å². The fourth-order valence-corrected chi connectivity index (χ4v) is 3.51. The van der Waals surface area contributed by atoms with Crippen LogP contribution in [0.15, 0.2) is 42.5 Å². The number of hydrogen-bond donors (Lipinski definition) is 1. The average molecular weight is 339 g/mol. The molecule has 0 saturated heterocycles. The van der Waals surface area contributed by atoms with E-state index in [-0.39, 0.29) is 0 Å². The maximum absolute atomic E-state index is 9.63. The first-order chi connectivity index (χ1) is 11.8. The van der Waals surface area contributed by atoms with Crippen LogP contribution in [0, 0.1) is 11.8 Å². The molecule has 0 saturated carbocycles. The van der Waals surface area contributed by atoms with Gasteiger partial charge in [-0.15, -0.1) is 0 Å². The predicted molar refractivity (Wildman–Crippen MR) is 109 cm³/mol. The Bertz CT molecular complexity index is 665. The Morgan fingerprint density at radius 2 is 1.44 bits per heavy atom. The summed E-state index contributed by atoms with van der Waals surface area (Å²) in [6.07, 6.45) is 2.48. The van der Waals surface area contributed by atoms with Crippen LogP contribution in [0.4, 0.5) is 0 Å². The number of benzene rings is 2. The van der Waals surface area contributed by atoms with Gasteiger partial charge in [-0.25, -0.2) is 0 Å². The number of phenols is 1. The lowest BCUT2D eigenvalue weighted by Crippen LogP contribution is -2.10. The molecule has 1 N–H and O–H groups in total. The highest BCUT2D eigenvalue weighted by Gasteiger charge is 2.21. The van der Waals surface area contributed by atoms with E-state index in [1.165, 1.54) is 35.1 Å². The van der Waals surface area contributed by atoms with E-state index in [4.69, 9.17) is 0 Å². The molecule has 0 amide bonds. The summed E-state index contributed by atoms with van der Waals surface area (Å²) in [7, 11) is 0. The Morgan fingerprint density at radius 1 is 0.800 bits per heavy atom. The van der Waals surface area contributed by atoms with Gasteiger partial charge in [0.15, 0.2) is 0 Å². The van der Waals surface area contributed by atoms with Gasteiger partial charge >= 0.3 is 0 Å². The van der Waals surface area contributed by atoms with Gasteiger partial charge in [0.05, 0.1) is 0 Å². The summed E-state index contributed by atoms with van der Waals surface area (Å²) in [6.45, 7) is 13.8. The number of aromatic hydroxyl groups is 1. The van der Waals surface area contributed by atoms with Crippen LogP contribution < -0.4 is 0 Å². The summed E-state index contributed by atoms with van der Waals surface area (Å²) in [6, 6.07) is 14.6. The van der Waals surface area contributed by atoms with Gasteiger partial charge in [0.25, 0.3) is 0 Å². The lowest BCUT2D eigenvalue weighted by Gasteiger charge is -2.26. The van der Waals surface area contributed by atoms with Crippen LogP contribution in [0.25, 0.3) is 11.1 Å². The van der Waals surface area contributed by atoms with Crippen LogP contribution in [-0.4, -0.2) is 5.11 Å². The molecule has 0 radical (unpaired) electrons. The molecule has 0 spiro atoms. The number of rotatable bonds is 7. The van der Waals surface area contributed by atoms with Crippen molar-refractivity contribution in [2.75, 3.05) is 0 Å². The summed E-state index contributed by atoms with van der Waals surface area (Å²) in [4.78, 5) is 0. The van der Waals surface area contributed by atoms with Crippen molar-refractivity contribution in [1.82, 2.24) is 0 Å². The zero-order valence-electron chi connectivity index (χ0n) is 16.7. The lowest BCUT2D eigenvalue weighted by atomic mass is 9.78. The fourth-order valence-electron chi connectivity index (χ4n) is 3.51. The van der Waals surface area contributed by atoms with Gasteiger partial charge in [-0.2, -0.15) is 0 Å². The smallest absolute Gasteiger partial charge is 0.115 e. The van der Waals surface area contributed by atoms with E-state index in [1.807, 2.05) is 12.1 Å². The van der Waals surface area contributed by atoms with Gasteiger partial charge in [-0.05, 0) is 64.5 Å². The van der Waals surface area contributed by atoms with E-state index < -0.39 is 0 Å². The molecule has 1 nitrogen and oxygen atoms in total. The standard InChI is InChI=1S/C24H34O/c1-16(2)7-13-22(18(5)6)24-15-20(17(3)4)10-14-23(24)19-8-11-21(25)12-9-19/h8-12,14-18,22,25H,7,13H2,1-6H3. The molecule has 0 aromatic heterocycles. The second kappa shape index (κ2) is 8.56. The molecule has 1 unspecified atom stereocenters. The minimum atomic E-state index is 0.323. The van der Waals surface area contributed by atoms with Crippen LogP contribution in [0.3, 0.4) is 0 Å². The molecule has 0 heterocycles. The Hall–Kier alpha value is -1.76. The predicted octanol–water partition coefficient (Wildman–Crippen LogP) is 7.36. The molecule has 2 aromatic rings. The maximum Gasteiger partial charge on any atom is 0.115 e. The Balaban J connectivity index is 2.53. The monoisotopic (exact) mass is 338 g/mol. The first kappa shape index (κ1) is 19.6. The number of phenolic OH excluding ortho intramolecular Hbond substituents is 1. The van der Waals surface area contributed by atoms with E-state index in [0.717, 1.165) is 5.92 Å². The highest BCUT2D eigenvalue weighted by molar-refractivity contribution is 5.69. The van der Waals surface area contributed by atoms with Crippen molar-refractivity contribution in [2.24, 2.45) is 11.8 Å². The zero-order chi connectivity index (χ0) is 18.6. The summed E-state index contributed by atoms with van der Waals surface area (Å²) in [5, 5.41) is 9.63. The first-order valence-electron chi connectivity index (χ1n) is 9.72. The third kappa shape index (κ3) is 5.11. The summed E-state index contributed by atoms with van der Waals surface area (Å²) in [5.41, 5.74) is 5.38. The molecule has 2 rings (SSSR count). The highest BCUT2D eigenvalue weighted by atomic mass is 16.3. The van der Waals surface area contributed by atoms with Crippen LogP contribution in [0.5, 0.6) is 5.75 Å². The Morgan fingerprint density at radius 3 is 1.96 bits per heavy atom. The van der Waals surface area contributed by atoms with Gasteiger partial charge in [0, 0.05) is 0 Å². The second-order valence-corrected chi connectivity index (χ2v) is 8.37. The van der Waals surface area contributed by atoms with Crippen molar-refractivity contribution in [3.05, 3.63) is 53.6 Å². The molecule has 2 aromatic carbocycles. The molecular formula is C24H34O. The maximum atomic E-state index is 9.63.